The maximum Gasteiger partial charge on any atom is 0.229 e. The highest BCUT2D eigenvalue weighted by Crippen LogP contribution is 2.48. The molecule has 1 amide bonds. The fourth-order valence-electron chi connectivity index (χ4n) is 6.87. The first kappa shape index (κ1) is 34.2. The molecule has 2 aromatic carbocycles. The van der Waals surface area contributed by atoms with Crippen molar-refractivity contribution in [3.63, 3.8) is 0 Å². The smallest absolute Gasteiger partial charge is 0.229 e. The molecule has 50 heavy (non-hydrogen) atoms. The second kappa shape index (κ2) is 14.8. The molecular formula is C40H41N5O5. The van der Waals surface area contributed by atoms with Gasteiger partial charge in [-0.2, -0.15) is 5.26 Å². The summed E-state index contributed by atoms with van der Waals surface area (Å²) in [6.07, 6.45) is 6.92. The van der Waals surface area contributed by atoms with Crippen molar-refractivity contribution in [2.24, 2.45) is 17.8 Å². The van der Waals surface area contributed by atoms with Crippen molar-refractivity contribution in [2.45, 2.75) is 39.0 Å². The molecule has 3 heterocycles. The SMILES string of the molecule is COc1ccc(CC(Cc2ccc(OC)cc2OC)c2nc(-c3cnccc3C)cc3cc(NC(=O)C4C(C)C4CC#N)ncc23)c(OC)c1. The summed E-state index contributed by atoms with van der Waals surface area (Å²) in [5.74, 6) is 3.05. The van der Waals surface area contributed by atoms with E-state index < -0.39 is 0 Å². The molecule has 6 rings (SSSR count). The van der Waals surface area contributed by atoms with Gasteiger partial charge in [-0.15, -0.1) is 0 Å². The summed E-state index contributed by atoms with van der Waals surface area (Å²) < 4.78 is 22.6. The number of nitriles is 1. The summed E-state index contributed by atoms with van der Waals surface area (Å²) >= 11 is 0. The van der Waals surface area contributed by atoms with Crippen molar-refractivity contribution in [3.05, 3.63) is 95.6 Å². The predicted molar refractivity (Wildman–Crippen MR) is 192 cm³/mol. The quantitative estimate of drug-likeness (QED) is 0.137. The Morgan fingerprint density at radius 2 is 1.56 bits per heavy atom. The number of carbonyl (C=O) groups excluding carboxylic acids is 1. The van der Waals surface area contributed by atoms with Crippen LogP contribution in [-0.2, 0) is 17.6 Å². The van der Waals surface area contributed by atoms with E-state index in [0.717, 1.165) is 44.4 Å². The lowest BCUT2D eigenvalue weighted by atomic mass is 9.86. The van der Waals surface area contributed by atoms with Crippen LogP contribution in [0.1, 0.15) is 41.6 Å². The molecule has 3 aromatic heterocycles. The first-order chi connectivity index (χ1) is 24.3. The minimum absolute atomic E-state index is 0.0714. The highest BCUT2D eigenvalue weighted by molar-refractivity contribution is 5.97. The molecule has 5 aromatic rings. The zero-order valence-electron chi connectivity index (χ0n) is 29.2. The summed E-state index contributed by atoms with van der Waals surface area (Å²) in [6.45, 7) is 4.05. The van der Waals surface area contributed by atoms with Crippen LogP contribution in [-0.4, -0.2) is 49.3 Å². The van der Waals surface area contributed by atoms with Crippen molar-refractivity contribution < 1.29 is 23.7 Å². The number of hydrogen-bond donors (Lipinski definition) is 1. The Bertz CT molecular complexity index is 2020. The number of nitrogens with one attached hydrogen (secondary N) is 1. The lowest BCUT2D eigenvalue weighted by Crippen LogP contribution is -2.16. The van der Waals surface area contributed by atoms with Gasteiger partial charge >= 0.3 is 0 Å². The lowest BCUT2D eigenvalue weighted by molar-refractivity contribution is -0.117. The summed E-state index contributed by atoms with van der Waals surface area (Å²) in [5.41, 5.74) is 5.53. The molecule has 1 N–H and O–H groups in total. The topological polar surface area (TPSA) is 128 Å². The molecule has 10 nitrogen and oxygen atoms in total. The molecular weight excluding hydrogens is 630 g/mol. The third-order valence-electron chi connectivity index (χ3n) is 9.81. The molecule has 3 unspecified atom stereocenters. The van der Waals surface area contributed by atoms with E-state index in [1.165, 1.54) is 0 Å². The Hall–Kier alpha value is -5.69. The van der Waals surface area contributed by atoms with E-state index >= 15 is 0 Å². The summed E-state index contributed by atoms with van der Waals surface area (Å²) in [7, 11) is 6.58. The van der Waals surface area contributed by atoms with Gasteiger partial charge in [0, 0.05) is 59.9 Å². The van der Waals surface area contributed by atoms with Crippen molar-refractivity contribution in [1.29, 1.82) is 5.26 Å². The van der Waals surface area contributed by atoms with Crippen molar-refractivity contribution in [1.82, 2.24) is 15.0 Å². The molecule has 0 aliphatic heterocycles. The number of fused-ring (bicyclic) bond motifs is 1. The van der Waals surface area contributed by atoms with Gasteiger partial charge in [-0.05, 0) is 84.0 Å². The Morgan fingerprint density at radius 3 is 2.14 bits per heavy atom. The fourth-order valence-corrected chi connectivity index (χ4v) is 6.87. The second-order valence-electron chi connectivity index (χ2n) is 12.7. The Morgan fingerprint density at radius 1 is 0.900 bits per heavy atom. The van der Waals surface area contributed by atoms with Gasteiger partial charge in [0.15, 0.2) is 0 Å². The third kappa shape index (κ3) is 7.03. The highest BCUT2D eigenvalue weighted by Gasteiger charge is 2.51. The van der Waals surface area contributed by atoms with Gasteiger partial charge in [0.2, 0.25) is 5.91 Å². The number of pyridine rings is 3. The molecule has 1 aliphatic carbocycles. The van der Waals surface area contributed by atoms with Crippen LogP contribution in [0.5, 0.6) is 23.0 Å². The number of methoxy groups -OCH3 is 4. The zero-order chi connectivity index (χ0) is 35.4. The maximum absolute atomic E-state index is 13.2. The van der Waals surface area contributed by atoms with E-state index in [2.05, 4.69) is 16.4 Å². The van der Waals surface area contributed by atoms with E-state index in [1.807, 2.05) is 74.6 Å². The van der Waals surface area contributed by atoms with Crippen LogP contribution in [0.15, 0.2) is 73.2 Å². The number of ether oxygens (including phenoxy) is 4. The van der Waals surface area contributed by atoms with E-state index in [-0.39, 0.29) is 29.6 Å². The van der Waals surface area contributed by atoms with Crippen LogP contribution in [0, 0.1) is 36.0 Å². The van der Waals surface area contributed by atoms with Gasteiger partial charge in [-0.1, -0.05) is 19.1 Å². The fraction of sp³-hybridized carbons (Fsp3) is 0.325. The Kier molecular flexibility index (Phi) is 10.1. The van der Waals surface area contributed by atoms with Crippen LogP contribution in [0.2, 0.25) is 0 Å². The standard InChI is InChI=1S/C40H41N5O5/c1-23-12-14-42-21-32(23)34-17-27-18-37(45-40(46)38-24(2)31(38)11-13-41)43-22-33(27)39(44-34)28(15-25-7-9-29(47-3)19-35(25)49-5)16-26-8-10-30(48-4)20-36(26)50-6/h7-10,12,14,17-22,24,28,31,38H,11,15-16H2,1-6H3,(H,43,45,46). The number of nitrogens with zero attached hydrogens (tertiary/aromatic N) is 4. The van der Waals surface area contributed by atoms with Gasteiger partial charge in [-0.3, -0.25) is 14.8 Å². The third-order valence-corrected chi connectivity index (χ3v) is 9.81. The number of aryl methyl sites for hydroxylation is 1. The van der Waals surface area contributed by atoms with Crippen molar-refractivity contribution in [3.8, 4) is 40.3 Å². The highest BCUT2D eigenvalue weighted by atomic mass is 16.5. The molecule has 3 atom stereocenters. The number of carbonyl (C=O) groups is 1. The predicted octanol–water partition coefficient (Wildman–Crippen LogP) is 7.34. The molecule has 0 saturated heterocycles. The van der Waals surface area contributed by atoms with E-state index in [1.54, 1.807) is 40.8 Å². The molecule has 0 radical (unpaired) electrons. The first-order valence-electron chi connectivity index (χ1n) is 16.6. The van der Waals surface area contributed by atoms with Crippen molar-refractivity contribution in [2.75, 3.05) is 33.8 Å². The number of benzene rings is 2. The average Bonchev–Trinajstić information content (AvgIpc) is 3.79. The van der Waals surface area contributed by atoms with Crippen LogP contribution < -0.4 is 24.3 Å². The van der Waals surface area contributed by atoms with Gasteiger partial charge in [-0.25, -0.2) is 4.98 Å². The van der Waals surface area contributed by atoms with E-state index in [4.69, 9.17) is 28.9 Å². The van der Waals surface area contributed by atoms with Gasteiger partial charge in [0.05, 0.1) is 45.9 Å². The lowest BCUT2D eigenvalue weighted by Gasteiger charge is -2.23. The first-order valence-corrected chi connectivity index (χ1v) is 16.6. The molecule has 0 bridgehead atoms. The summed E-state index contributed by atoms with van der Waals surface area (Å²) in [4.78, 5) is 27.7. The number of amides is 1. The summed E-state index contributed by atoms with van der Waals surface area (Å²) in [6, 6.07) is 19.8. The monoisotopic (exact) mass is 671 g/mol. The minimum atomic E-state index is -0.197. The molecule has 1 fully saturated rings. The Balaban J connectivity index is 1.49. The zero-order valence-corrected chi connectivity index (χ0v) is 29.2. The summed E-state index contributed by atoms with van der Waals surface area (Å²) in [5, 5.41) is 13.9. The Labute approximate surface area is 292 Å². The van der Waals surface area contributed by atoms with E-state index in [9.17, 15) is 10.1 Å². The minimum Gasteiger partial charge on any atom is -0.497 e. The average molecular weight is 672 g/mol. The van der Waals surface area contributed by atoms with Gasteiger partial charge < -0.3 is 24.3 Å². The van der Waals surface area contributed by atoms with Crippen LogP contribution in [0.25, 0.3) is 22.0 Å². The van der Waals surface area contributed by atoms with Gasteiger partial charge in [0.1, 0.15) is 28.8 Å². The number of anilines is 1. The maximum atomic E-state index is 13.2. The number of rotatable bonds is 13. The number of aromatic nitrogens is 3. The van der Waals surface area contributed by atoms with Crippen LogP contribution in [0.4, 0.5) is 5.82 Å². The van der Waals surface area contributed by atoms with E-state index in [0.29, 0.717) is 48.1 Å². The largest absolute Gasteiger partial charge is 0.497 e. The normalized spacial score (nSPS) is 16.5. The molecule has 256 valence electrons. The molecule has 1 aliphatic rings. The van der Waals surface area contributed by atoms with Crippen LogP contribution >= 0.6 is 0 Å². The van der Waals surface area contributed by atoms with Crippen molar-refractivity contribution >= 4 is 22.5 Å². The number of hydrogen-bond acceptors (Lipinski definition) is 9. The molecule has 0 spiro atoms. The second-order valence-corrected chi connectivity index (χ2v) is 12.7. The molecule has 1 saturated carbocycles. The van der Waals surface area contributed by atoms with Crippen LogP contribution in [0.3, 0.4) is 0 Å². The van der Waals surface area contributed by atoms with Gasteiger partial charge in [0.25, 0.3) is 0 Å². The molecule has 10 heteroatoms.